The van der Waals surface area contributed by atoms with Crippen molar-refractivity contribution in [3.05, 3.63) is 18.0 Å². The number of aromatic nitrogens is 2. The molecular formula is C12H18N4O3S. The van der Waals surface area contributed by atoms with Crippen molar-refractivity contribution in [3.63, 3.8) is 0 Å². The summed E-state index contributed by atoms with van der Waals surface area (Å²) in [4.78, 5) is 23.1. The first-order valence-corrected chi connectivity index (χ1v) is 7.58. The molecule has 2 rings (SSSR count). The largest absolute Gasteiger partial charge is 0.479 e. The summed E-state index contributed by atoms with van der Waals surface area (Å²) in [6.07, 6.45) is 5.02. The molecule has 1 fully saturated rings. The predicted octanol–water partition coefficient (Wildman–Crippen LogP) is 0.741. The zero-order valence-electron chi connectivity index (χ0n) is 11.2. The van der Waals surface area contributed by atoms with Crippen LogP contribution in [-0.4, -0.2) is 44.4 Å². The number of hydrogen-bond donors (Lipinski definition) is 3. The van der Waals surface area contributed by atoms with Gasteiger partial charge in [-0.2, -0.15) is 16.9 Å². The van der Waals surface area contributed by atoms with Gasteiger partial charge in [-0.25, -0.2) is 9.59 Å². The highest BCUT2D eigenvalue weighted by Gasteiger charge is 2.25. The number of aryl methyl sites for hydroxylation is 1. The van der Waals surface area contributed by atoms with Crippen molar-refractivity contribution in [2.24, 2.45) is 7.05 Å². The maximum absolute atomic E-state index is 11.9. The molecule has 0 aromatic carbocycles. The fourth-order valence-corrected chi connectivity index (χ4v) is 3.16. The second kappa shape index (κ2) is 6.65. The number of rotatable bonds is 4. The van der Waals surface area contributed by atoms with Gasteiger partial charge in [0.1, 0.15) is 0 Å². The molecule has 1 aliphatic heterocycles. The molecular weight excluding hydrogens is 280 g/mol. The average molecular weight is 298 g/mol. The Hall–Kier alpha value is -1.70. The van der Waals surface area contributed by atoms with Crippen molar-refractivity contribution >= 4 is 23.8 Å². The van der Waals surface area contributed by atoms with E-state index in [1.54, 1.807) is 25.0 Å². The number of hydrogen-bond acceptors (Lipinski definition) is 4. The van der Waals surface area contributed by atoms with E-state index in [1.165, 1.54) is 10.9 Å². The molecule has 2 atom stereocenters. The van der Waals surface area contributed by atoms with Crippen molar-refractivity contribution in [1.82, 2.24) is 20.4 Å². The first-order valence-electron chi connectivity index (χ1n) is 6.42. The van der Waals surface area contributed by atoms with Crippen LogP contribution in [0.2, 0.25) is 0 Å². The molecule has 8 heteroatoms. The molecule has 20 heavy (non-hydrogen) atoms. The number of urea groups is 1. The smallest absolute Gasteiger partial charge is 0.331 e. The molecule has 0 aliphatic carbocycles. The van der Waals surface area contributed by atoms with Gasteiger partial charge in [0.15, 0.2) is 6.04 Å². The van der Waals surface area contributed by atoms with Crippen molar-refractivity contribution < 1.29 is 14.7 Å². The fourth-order valence-electron chi connectivity index (χ4n) is 2.09. The van der Waals surface area contributed by atoms with Crippen LogP contribution in [0.3, 0.4) is 0 Å². The maximum atomic E-state index is 11.9. The molecule has 0 saturated carbocycles. The number of nitrogens with one attached hydrogen (secondary N) is 2. The van der Waals surface area contributed by atoms with E-state index >= 15 is 0 Å². The van der Waals surface area contributed by atoms with Crippen LogP contribution in [-0.2, 0) is 11.8 Å². The van der Waals surface area contributed by atoms with Crippen LogP contribution in [0.25, 0.3) is 0 Å². The lowest BCUT2D eigenvalue weighted by atomic mass is 10.1. The normalized spacial score (nSPS) is 20.1. The summed E-state index contributed by atoms with van der Waals surface area (Å²) in [5.74, 6) is 0.886. The summed E-state index contributed by atoms with van der Waals surface area (Å²) in [7, 11) is 1.70. The zero-order valence-corrected chi connectivity index (χ0v) is 12.0. The van der Waals surface area contributed by atoms with Crippen LogP contribution >= 0.6 is 11.8 Å². The molecule has 110 valence electrons. The number of carbonyl (C=O) groups is 2. The Morgan fingerprint density at radius 3 is 2.95 bits per heavy atom. The molecule has 1 aliphatic rings. The van der Waals surface area contributed by atoms with Gasteiger partial charge in [0, 0.05) is 30.6 Å². The third-order valence-electron chi connectivity index (χ3n) is 3.08. The number of thioether (sulfide) groups is 1. The van der Waals surface area contributed by atoms with Gasteiger partial charge in [-0.15, -0.1) is 0 Å². The topological polar surface area (TPSA) is 96.2 Å². The van der Waals surface area contributed by atoms with Crippen LogP contribution < -0.4 is 10.6 Å². The predicted molar refractivity (Wildman–Crippen MR) is 75.6 cm³/mol. The molecule has 7 nitrogen and oxygen atoms in total. The first-order chi connectivity index (χ1) is 9.56. The summed E-state index contributed by atoms with van der Waals surface area (Å²) < 4.78 is 1.50. The van der Waals surface area contributed by atoms with Crippen molar-refractivity contribution in [3.8, 4) is 0 Å². The fraction of sp³-hybridized carbons (Fsp3) is 0.583. The monoisotopic (exact) mass is 298 g/mol. The molecule has 0 spiro atoms. The third kappa shape index (κ3) is 3.89. The number of amides is 2. The van der Waals surface area contributed by atoms with Gasteiger partial charge < -0.3 is 15.7 Å². The Bertz CT molecular complexity index is 485. The molecule has 2 unspecified atom stereocenters. The second-order valence-electron chi connectivity index (χ2n) is 4.75. The van der Waals surface area contributed by atoms with Crippen LogP contribution in [0.4, 0.5) is 4.79 Å². The molecule has 1 aromatic rings. The van der Waals surface area contributed by atoms with Gasteiger partial charge in [0.2, 0.25) is 0 Å². The number of carbonyl (C=O) groups excluding carboxylic acids is 1. The summed E-state index contributed by atoms with van der Waals surface area (Å²) in [5.41, 5.74) is 0.452. The van der Waals surface area contributed by atoms with E-state index in [4.69, 9.17) is 0 Å². The molecule has 2 amide bonds. The Morgan fingerprint density at radius 2 is 2.40 bits per heavy atom. The van der Waals surface area contributed by atoms with Gasteiger partial charge in [-0.1, -0.05) is 0 Å². The van der Waals surface area contributed by atoms with Gasteiger partial charge in [-0.3, -0.25) is 4.68 Å². The summed E-state index contributed by atoms with van der Waals surface area (Å²) in [6, 6.07) is -1.43. The lowest BCUT2D eigenvalue weighted by Gasteiger charge is -2.23. The van der Waals surface area contributed by atoms with Crippen molar-refractivity contribution in [2.45, 2.75) is 24.9 Å². The molecule has 0 radical (unpaired) electrons. The second-order valence-corrected chi connectivity index (χ2v) is 5.90. The average Bonchev–Trinajstić information content (AvgIpc) is 2.83. The highest BCUT2D eigenvalue weighted by atomic mass is 32.2. The van der Waals surface area contributed by atoms with E-state index < -0.39 is 18.0 Å². The SMILES string of the molecule is Cn1cc(C(NC(=O)NC2CCCSC2)C(=O)O)cn1. The van der Waals surface area contributed by atoms with E-state index in [1.807, 2.05) is 0 Å². The van der Waals surface area contributed by atoms with Gasteiger partial charge in [0.25, 0.3) is 0 Å². The summed E-state index contributed by atoms with van der Waals surface area (Å²) >= 11 is 1.80. The highest BCUT2D eigenvalue weighted by Crippen LogP contribution is 2.17. The van der Waals surface area contributed by atoms with Gasteiger partial charge >= 0.3 is 12.0 Å². The van der Waals surface area contributed by atoms with E-state index in [9.17, 15) is 14.7 Å². The van der Waals surface area contributed by atoms with E-state index in [0.29, 0.717) is 5.56 Å². The standard InChI is InChI=1S/C12H18N4O3S/c1-16-6-8(5-13-16)10(11(17)18)15-12(19)14-9-3-2-4-20-7-9/h5-6,9-10H,2-4,7H2,1H3,(H,17,18)(H2,14,15,19). The molecule has 3 N–H and O–H groups in total. The van der Waals surface area contributed by atoms with Gasteiger partial charge in [-0.05, 0) is 18.6 Å². The maximum Gasteiger partial charge on any atom is 0.331 e. The van der Waals surface area contributed by atoms with Gasteiger partial charge in [0.05, 0.1) is 6.20 Å². The lowest BCUT2D eigenvalue weighted by Crippen LogP contribution is -2.46. The van der Waals surface area contributed by atoms with E-state index in [2.05, 4.69) is 15.7 Å². The Balaban J connectivity index is 1.94. The molecule has 2 heterocycles. The van der Waals surface area contributed by atoms with E-state index in [-0.39, 0.29) is 6.04 Å². The number of aliphatic carboxylic acids is 1. The molecule has 1 saturated heterocycles. The number of carboxylic acid groups (broad SMARTS) is 1. The zero-order chi connectivity index (χ0) is 14.5. The summed E-state index contributed by atoms with van der Waals surface area (Å²) in [6.45, 7) is 0. The number of carboxylic acids is 1. The molecule has 1 aromatic heterocycles. The Morgan fingerprint density at radius 1 is 1.60 bits per heavy atom. The highest BCUT2D eigenvalue weighted by molar-refractivity contribution is 7.99. The van der Waals surface area contributed by atoms with Crippen LogP contribution in [0, 0.1) is 0 Å². The minimum Gasteiger partial charge on any atom is -0.479 e. The minimum atomic E-state index is -1.11. The number of nitrogens with zero attached hydrogens (tertiary/aromatic N) is 2. The third-order valence-corrected chi connectivity index (χ3v) is 4.29. The van der Waals surface area contributed by atoms with E-state index in [0.717, 1.165) is 24.3 Å². The van der Waals surface area contributed by atoms with Crippen molar-refractivity contribution in [1.29, 1.82) is 0 Å². The molecule has 0 bridgehead atoms. The van der Waals surface area contributed by atoms with Crippen LogP contribution in [0.1, 0.15) is 24.4 Å². The minimum absolute atomic E-state index is 0.108. The Labute approximate surface area is 121 Å². The first kappa shape index (κ1) is 14.7. The van der Waals surface area contributed by atoms with Crippen LogP contribution in [0.15, 0.2) is 12.4 Å². The van der Waals surface area contributed by atoms with Crippen LogP contribution in [0.5, 0.6) is 0 Å². The lowest BCUT2D eigenvalue weighted by molar-refractivity contribution is -0.139. The Kier molecular flexibility index (Phi) is 4.89. The quantitative estimate of drug-likeness (QED) is 0.762. The summed E-state index contributed by atoms with van der Waals surface area (Å²) in [5, 5.41) is 18.4. The van der Waals surface area contributed by atoms with Crippen molar-refractivity contribution in [2.75, 3.05) is 11.5 Å².